The number of Topliss-reactive ketones (excluding diaryl/α,β-unsaturated/α-hetero) is 2. The van der Waals surface area contributed by atoms with Crippen molar-refractivity contribution in [3.05, 3.63) is 42.2 Å². The number of hydrogen-bond acceptors (Lipinski definition) is 11. The number of carbonyl (C=O) groups is 2. The van der Waals surface area contributed by atoms with E-state index < -0.39 is 11.2 Å². The van der Waals surface area contributed by atoms with E-state index in [0.717, 1.165) is 127 Å². The standard InChI is InChI=1S/C30H43N3O3.C28H40N4O3/c1-4-36-18-30(35)14-12-21-20(16-30)6-7-23-22(21)11-13-29(3)24(23)8-9-25(29)28(34)17-33-31-26-10-5-19(2)15-27(26)32-33;1-3-35-17-28(34)12-9-19-18(14-28)4-5-21-20(19)8-11-27(2)22(21)6-7-23(27)26(33)16-32-30-24-10-13-29-15-25(24)31-32/h5,10,15,20-25,35H,4,6-9,11-14,16-18H2,1-3H3;10,13,15,18-23,34H,3-9,11-12,14,16-17H2,1-2H3/t20-,21-,22+,23+,24-,25+,29-,30+;18-,19-,20+,21+,22-,23+,27-,28+/m00/s1. The Balaban J connectivity index is 0.000000154. The van der Waals surface area contributed by atoms with Crippen LogP contribution in [0.5, 0.6) is 0 Å². The molecule has 4 aromatic rings. The van der Waals surface area contributed by atoms with Crippen molar-refractivity contribution in [2.45, 2.75) is 174 Å². The van der Waals surface area contributed by atoms with Crippen molar-refractivity contribution in [2.75, 3.05) is 26.4 Å². The molecule has 3 aromatic heterocycles. The minimum absolute atomic E-state index is 0.101. The van der Waals surface area contributed by atoms with Crippen LogP contribution in [0.25, 0.3) is 22.1 Å². The first-order valence-corrected chi connectivity index (χ1v) is 28.3. The number of nitrogens with zero attached hydrogens (tertiary/aromatic N) is 7. The van der Waals surface area contributed by atoms with E-state index in [0.29, 0.717) is 61.7 Å². The average Bonchev–Trinajstić information content (AvgIpc) is 4.14. The van der Waals surface area contributed by atoms with Crippen molar-refractivity contribution in [1.82, 2.24) is 35.0 Å². The van der Waals surface area contributed by atoms with Gasteiger partial charge in [-0.2, -0.15) is 30.0 Å². The molecule has 13 nitrogen and oxygen atoms in total. The second kappa shape index (κ2) is 19.6. The number of aliphatic hydroxyl groups is 2. The molecule has 8 aliphatic rings. The van der Waals surface area contributed by atoms with Gasteiger partial charge in [0.05, 0.1) is 30.6 Å². The maximum Gasteiger partial charge on any atom is 0.159 e. The molecule has 2 N–H and O–H groups in total. The number of aryl methyl sites for hydroxylation is 1. The molecule has 13 heteroatoms. The van der Waals surface area contributed by atoms with E-state index in [4.69, 9.17) is 9.47 Å². The predicted octanol–water partition coefficient (Wildman–Crippen LogP) is 9.78. The molecule has 16 atom stereocenters. The number of carbonyl (C=O) groups excluding carboxylic acids is 2. The third-order valence-electron chi connectivity index (χ3n) is 21.5. The van der Waals surface area contributed by atoms with Crippen LogP contribution in [0, 0.1) is 88.8 Å². The lowest BCUT2D eigenvalue weighted by atomic mass is 9.49. The number of rotatable bonds is 12. The van der Waals surface area contributed by atoms with Crippen LogP contribution < -0.4 is 0 Å². The Morgan fingerprint density at radius 2 is 1.06 bits per heavy atom. The summed E-state index contributed by atoms with van der Waals surface area (Å²) in [4.78, 5) is 34.5. The highest BCUT2D eigenvalue weighted by molar-refractivity contribution is 5.83. The van der Waals surface area contributed by atoms with Gasteiger partial charge in [-0.15, -0.1) is 0 Å². The number of ether oxygens (including phenoxy) is 2. The topological polar surface area (TPSA) is 167 Å². The SMILES string of the molecule is CCOC[C@@]1(O)CC[C@H]2[C@@H](CC[C@@H]3[C@@H]2CC[C@]2(C)[C@@H](C(=O)Cn4nc5ccc(C)cc5n4)CC[C@@H]32)C1.CCOC[C@@]1(O)CC[C@H]2[C@@H](CC[C@@H]3[C@@H]2CC[C@]2(C)[C@@H](C(=O)Cn4nc5ccncc5n4)CC[C@@H]32)C1. The van der Waals surface area contributed by atoms with Gasteiger partial charge in [0.1, 0.15) is 35.2 Å². The molecule has 12 rings (SSSR count). The summed E-state index contributed by atoms with van der Waals surface area (Å²) in [6, 6.07) is 7.92. The van der Waals surface area contributed by atoms with Gasteiger partial charge in [0, 0.05) is 31.2 Å². The highest BCUT2D eigenvalue weighted by Crippen LogP contribution is 2.66. The van der Waals surface area contributed by atoms with Crippen LogP contribution in [0.4, 0.5) is 0 Å². The van der Waals surface area contributed by atoms with Crippen LogP contribution >= 0.6 is 0 Å². The molecule has 0 saturated heterocycles. The van der Waals surface area contributed by atoms with Crippen molar-refractivity contribution < 1.29 is 29.3 Å². The van der Waals surface area contributed by atoms with Crippen LogP contribution in [0.2, 0.25) is 0 Å². The molecule has 8 aliphatic carbocycles. The molecule has 3 heterocycles. The Labute approximate surface area is 421 Å². The van der Waals surface area contributed by atoms with Crippen molar-refractivity contribution in [1.29, 1.82) is 0 Å². The van der Waals surface area contributed by atoms with E-state index in [1.807, 2.05) is 38.1 Å². The Bertz CT molecular complexity index is 2530. The third kappa shape index (κ3) is 9.25. The van der Waals surface area contributed by atoms with Crippen LogP contribution in [0.3, 0.4) is 0 Å². The van der Waals surface area contributed by atoms with Crippen LogP contribution in [0.1, 0.15) is 149 Å². The van der Waals surface area contributed by atoms with Gasteiger partial charge < -0.3 is 19.7 Å². The van der Waals surface area contributed by atoms with Crippen LogP contribution in [0.15, 0.2) is 36.7 Å². The quantitative estimate of drug-likeness (QED) is 0.139. The molecule has 0 radical (unpaired) electrons. The Kier molecular flexibility index (Phi) is 13.7. The summed E-state index contributed by atoms with van der Waals surface area (Å²) < 4.78 is 11.3. The van der Waals surface area contributed by atoms with Crippen LogP contribution in [-0.4, -0.2) is 94.4 Å². The Hall–Kier alpha value is -3.65. The average molecular weight is 974 g/mol. The lowest BCUT2D eigenvalue weighted by Crippen LogP contribution is -2.52. The fourth-order valence-electron chi connectivity index (χ4n) is 18.4. The second-order valence-corrected chi connectivity index (χ2v) is 25.2. The van der Waals surface area contributed by atoms with Gasteiger partial charge in [-0.05, 0) is 230 Å². The first-order valence-electron chi connectivity index (χ1n) is 28.3. The van der Waals surface area contributed by atoms with E-state index in [2.05, 4.69) is 46.1 Å². The van der Waals surface area contributed by atoms with Gasteiger partial charge in [0.2, 0.25) is 0 Å². The number of benzene rings is 1. The number of ketones is 2. The molecule has 71 heavy (non-hydrogen) atoms. The fourth-order valence-corrected chi connectivity index (χ4v) is 18.4. The molecule has 0 bridgehead atoms. The van der Waals surface area contributed by atoms with Gasteiger partial charge in [-0.1, -0.05) is 19.9 Å². The van der Waals surface area contributed by atoms with E-state index in [1.54, 1.807) is 22.0 Å². The molecule has 0 amide bonds. The first-order chi connectivity index (χ1) is 34.2. The second-order valence-electron chi connectivity index (χ2n) is 25.2. The first kappa shape index (κ1) is 49.6. The van der Waals surface area contributed by atoms with Crippen molar-refractivity contribution in [2.24, 2.45) is 81.8 Å². The Morgan fingerprint density at radius 3 is 1.56 bits per heavy atom. The minimum atomic E-state index is -0.626. The summed E-state index contributed by atoms with van der Waals surface area (Å²) in [6.45, 7) is 13.8. The number of pyridine rings is 1. The zero-order valence-corrected chi connectivity index (χ0v) is 43.5. The Morgan fingerprint density at radius 1 is 0.577 bits per heavy atom. The zero-order valence-electron chi connectivity index (χ0n) is 43.5. The number of fused-ring (bicyclic) bond motifs is 12. The maximum atomic E-state index is 13.6. The maximum absolute atomic E-state index is 13.6. The number of aromatic nitrogens is 7. The van der Waals surface area contributed by atoms with Crippen molar-refractivity contribution in [3.63, 3.8) is 0 Å². The monoisotopic (exact) mass is 974 g/mol. The van der Waals surface area contributed by atoms with E-state index in [1.165, 1.54) is 51.4 Å². The molecule has 0 aliphatic heterocycles. The van der Waals surface area contributed by atoms with E-state index in [9.17, 15) is 19.8 Å². The normalized spacial score (nSPS) is 40.4. The summed E-state index contributed by atoms with van der Waals surface area (Å²) >= 11 is 0. The van der Waals surface area contributed by atoms with Crippen molar-refractivity contribution in [3.8, 4) is 0 Å². The third-order valence-corrected chi connectivity index (χ3v) is 21.5. The lowest BCUT2D eigenvalue weighted by Gasteiger charge is -2.57. The summed E-state index contributed by atoms with van der Waals surface area (Å²) in [7, 11) is 0. The van der Waals surface area contributed by atoms with Gasteiger partial charge in [-0.3, -0.25) is 14.6 Å². The minimum Gasteiger partial charge on any atom is -0.387 e. The summed E-state index contributed by atoms with van der Waals surface area (Å²) in [6.07, 6.45) is 23.4. The van der Waals surface area contributed by atoms with Gasteiger partial charge >= 0.3 is 0 Å². The molecule has 8 saturated carbocycles. The molecular weight excluding hydrogens is 891 g/mol. The number of hydrogen-bond donors (Lipinski definition) is 2. The van der Waals surface area contributed by atoms with Gasteiger partial charge in [-0.25, -0.2) is 0 Å². The zero-order chi connectivity index (χ0) is 49.3. The molecule has 8 fully saturated rings. The summed E-state index contributed by atoms with van der Waals surface area (Å²) in [5.41, 5.74) is 3.40. The molecule has 1 aromatic carbocycles. The van der Waals surface area contributed by atoms with Crippen LogP contribution in [-0.2, 0) is 32.2 Å². The summed E-state index contributed by atoms with van der Waals surface area (Å²) in [5.74, 6) is 7.94. The van der Waals surface area contributed by atoms with E-state index in [-0.39, 0.29) is 35.8 Å². The van der Waals surface area contributed by atoms with Crippen molar-refractivity contribution >= 4 is 33.6 Å². The fraction of sp³-hybridized carbons (Fsp3) is 0.776. The smallest absolute Gasteiger partial charge is 0.159 e. The molecule has 0 unspecified atom stereocenters. The lowest BCUT2D eigenvalue weighted by molar-refractivity contribution is -0.138. The molecule has 0 spiro atoms. The van der Waals surface area contributed by atoms with Gasteiger partial charge in [0.15, 0.2) is 11.6 Å². The predicted molar refractivity (Wildman–Crippen MR) is 272 cm³/mol. The van der Waals surface area contributed by atoms with Gasteiger partial charge in [0.25, 0.3) is 0 Å². The highest BCUT2D eigenvalue weighted by atomic mass is 16.5. The summed E-state index contributed by atoms with van der Waals surface area (Å²) in [5, 5.41) is 40.4. The molecular formula is C58H83N7O6. The molecule has 386 valence electrons. The highest BCUT2D eigenvalue weighted by Gasteiger charge is 2.61. The van der Waals surface area contributed by atoms with E-state index >= 15 is 0 Å². The largest absolute Gasteiger partial charge is 0.387 e.